The second-order valence-corrected chi connectivity index (χ2v) is 16.7. The fourth-order valence-corrected chi connectivity index (χ4v) is 10.6. The molecular formula is C56H33NO2S. The number of rotatable bonds is 5. The summed E-state index contributed by atoms with van der Waals surface area (Å²) in [5.74, 6) is 0. The summed E-state index contributed by atoms with van der Waals surface area (Å²) in [6.07, 6.45) is 0. The van der Waals surface area contributed by atoms with Gasteiger partial charge in [0.2, 0.25) is 0 Å². The zero-order valence-electron chi connectivity index (χ0n) is 32.2. The molecule has 0 saturated carbocycles. The van der Waals surface area contributed by atoms with Crippen molar-refractivity contribution in [2.75, 3.05) is 4.90 Å². The van der Waals surface area contributed by atoms with Gasteiger partial charge in [0.25, 0.3) is 0 Å². The molecule has 0 radical (unpaired) electrons. The molecule has 0 amide bonds. The molecule has 0 saturated heterocycles. The third-order valence-electron chi connectivity index (χ3n) is 12.3. The van der Waals surface area contributed by atoms with Crippen molar-refractivity contribution in [1.29, 1.82) is 0 Å². The van der Waals surface area contributed by atoms with Crippen molar-refractivity contribution in [1.82, 2.24) is 0 Å². The molecule has 60 heavy (non-hydrogen) atoms. The predicted molar refractivity (Wildman–Crippen MR) is 254 cm³/mol. The predicted octanol–water partition coefficient (Wildman–Crippen LogP) is 17.0. The summed E-state index contributed by atoms with van der Waals surface area (Å²) >= 11 is 1.85. The Bertz CT molecular complexity index is 3830. The number of nitrogens with zero attached hydrogens (tertiary/aromatic N) is 1. The highest BCUT2D eigenvalue weighted by Gasteiger charge is 2.20. The number of furan rings is 2. The average molecular weight is 784 g/mol. The number of para-hydroxylation sites is 2. The molecule has 0 aliphatic carbocycles. The van der Waals surface area contributed by atoms with Crippen molar-refractivity contribution in [2.24, 2.45) is 0 Å². The number of thiophene rings is 1. The van der Waals surface area contributed by atoms with Crippen LogP contribution in [0.3, 0.4) is 0 Å². The molecule has 3 nitrogen and oxygen atoms in total. The van der Waals surface area contributed by atoms with Gasteiger partial charge in [-0.1, -0.05) is 133 Å². The van der Waals surface area contributed by atoms with Crippen LogP contribution in [-0.2, 0) is 0 Å². The van der Waals surface area contributed by atoms with E-state index in [-0.39, 0.29) is 0 Å². The minimum atomic E-state index is 0.834. The lowest BCUT2D eigenvalue weighted by atomic mass is 9.93. The summed E-state index contributed by atoms with van der Waals surface area (Å²) in [4.78, 5) is 2.37. The van der Waals surface area contributed by atoms with E-state index < -0.39 is 0 Å². The van der Waals surface area contributed by atoms with Gasteiger partial charge in [0.15, 0.2) is 0 Å². The summed E-state index contributed by atoms with van der Waals surface area (Å²) in [5.41, 5.74) is 11.3. The van der Waals surface area contributed by atoms with Crippen LogP contribution in [0.25, 0.3) is 108 Å². The van der Waals surface area contributed by atoms with E-state index in [1.54, 1.807) is 0 Å². The van der Waals surface area contributed by atoms with Gasteiger partial charge in [0.05, 0.1) is 5.39 Å². The van der Waals surface area contributed by atoms with Crippen molar-refractivity contribution in [3.05, 3.63) is 200 Å². The monoisotopic (exact) mass is 783 g/mol. The molecule has 0 N–H and O–H groups in total. The first-order valence-corrected chi connectivity index (χ1v) is 21.1. The lowest BCUT2D eigenvalue weighted by molar-refractivity contribution is 0.663. The molecular weight excluding hydrogens is 751 g/mol. The minimum Gasteiger partial charge on any atom is -0.456 e. The Morgan fingerprint density at radius 3 is 1.75 bits per heavy atom. The number of benzene rings is 10. The maximum absolute atomic E-state index is 6.83. The molecule has 3 aromatic heterocycles. The zero-order chi connectivity index (χ0) is 39.3. The molecule has 0 atom stereocenters. The van der Waals surface area contributed by atoms with Crippen LogP contribution in [0.5, 0.6) is 0 Å². The summed E-state index contributed by atoms with van der Waals surface area (Å²) in [6.45, 7) is 0. The second kappa shape index (κ2) is 12.9. The molecule has 280 valence electrons. The fourth-order valence-electron chi connectivity index (χ4n) is 9.47. The van der Waals surface area contributed by atoms with Gasteiger partial charge in [0.1, 0.15) is 22.3 Å². The van der Waals surface area contributed by atoms with Crippen LogP contribution in [0.4, 0.5) is 17.1 Å². The molecule has 3 heterocycles. The molecule has 0 aliphatic heterocycles. The smallest absolute Gasteiger partial charge is 0.147 e. The van der Waals surface area contributed by atoms with Crippen LogP contribution >= 0.6 is 11.3 Å². The summed E-state index contributed by atoms with van der Waals surface area (Å²) < 4.78 is 15.6. The zero-order valence-corrected chi connectivity index (χ0v) is 33.0. The van der Waals surface area contributed by atoms with Gasteiger partial charge in [-0.05, 0) is 105 Å². The minimum absolute atomic E-state index is 0.834. The van der Waals surface area contributed by atoms with Crippen LogP contribution in [0.15, 0.2) is 209 Å². The standard InChI is InChI=1S/C56H33NO2S/c1-2-11-40-36(10-1)32-49(43-13-4-3-12-42(40)43)35-22-26-38(27-23-35)57(39-28-29-45-44-14-6-8-19-52(44)60-53(45)33-39)37-24-20-34(21-25-37)41-16-9-17-46-47-30-31-51-54(56(47)59-55(41)46)48-15-5-7-18-50(48)58-51/h1-33H. The molecule has 0 spiro atoms. The Hall–Kier alpha value is -7.66. The third kappa shape index (κ3) is 5.01. The maximum atomic E-state index is 6.83. The molecule has 10 aromatic carbocycles. The van der Waals surface area contributed by atoms with E-state index >= 15 is 0 Å². The molecule has 0 unspecified atom stereocenters. The molecule has 4 heteroatoms. The van der Waals surface area contributed by atoms with Crippen molar-refractivity contribution >= 4 is 114 Å². The van der Waals surface area contributed by atoms with Gasteiger partial charge in [-0.15, -0.1) is 11.3 Å². The topological polar surface area (TPSA) is 29.5 Å². The molecule has 0 fully saturated rings. The van der Waals surface area contributed by atoms with Crippen LogP contribution in [0.1, 0.15) is 0 Å². The Kier molecular flexibility index (Phi) is 7.18. The van der Waals surface area contributed by atoms with Crippen LogP contribution in [0, 0.1) is 0 Å². The maximum Gasteiger partial charge on any atom is 0.147 e. The lowest BCUT2D eigenvalue weighted by Crippen LogP contribution is -2.09. The van der Waals surface area contributed by atoms with Crippen LogP contribution in [-0.4, -0.2) is 0 Å². The van der Waals surface area contributed by atoms with Gasteiger partial charge in [-0.2, -0.15) is 0 Å². The van der Waals surface area contributed by atoms with Crippen LogP contribution < -0.4 is 4.90 Å². The number of fused-ring (bicyclic) bond motifs is 13. The van der Waals surface area contributed by atoms with Crippen molar-refractivity contribution in [3.63, 3.8) is 0 Å². The van der Waals surface area contributed by atoms with E-state index in [9.17, 15) is 0 Å². The molecule has 0 bridgehead atoms. The lowest BCUT2D eigenvalue weighted by Gasteiger charge is -2.26. The Morgan fingerprint density at radius 1 is 0.333 bits per heavy atom. The number of hydrogen-bond acceptors (Lipinski definition) is 4. The molecule has 13 aromatic rings. The van der Waals surface area contributed by atoms with Crippen LogP contribution in [0.2, 0.25) is 0 Å². The van der Waals surface area contributed by atoms with E-state index in [2.05, 4.69) is 193 Å². The highest BCUT2D eigenvalue weighted by molar-refractivity contribution is 7.25. The van der Waals surface area contributed by atoms with Gasteiger partial charge < -0.3 is 13.7 Å². The number of anilines is 3. The van der Waals surface area contributed by atoms with E-state index in [1.165, 1.54) is 52.8 Å². The largest absolute Gasteiger partial charge is 0.456 e. The summed E-state index contributed by atoms with van der Waals surface area (Å²) in [5, 5.41) is 11.9. The fraction of sp³-hybridized carbons (Fsp3) is 0. The van der Waals surface area contributed by atoms with E-state index in [0.29, 0.717) is 0 Å². The average Bonchev–Trinajstić information content (AvgIpc) is 4.00. The van der Waals surface area contributed by atoms with Gasteiger partial charge in [0, 0.05) is 59.0 Å². The molecule has 13 rings (SSSR count). The highest BCUT2D eigenvalue weighted by Crippen LogP contribution is 2.45. The SMILES string of the molecule is c1ccc2c(c1)cc(-c1ccc(N(c3ccc(-c4cccc5c4oc4c5ccc5oc6ccccc6c54)cc3)c3ccc4c(c3)sc3ccccc34)cc1)c1ccccc12. The Labute approximate surface area is 348 Å². The van der Waals surface area contributed by atoms with Crippen molar-refractivity contribution < 1.29 is 8.83 Å². The van der Waals surface area contributed by atoms with E-state index in [1.807, 2.05) is 23.5 Å². The van der Waals surface area contributed by atoms with Gasteiger partial charge in [-0.3, -0.25) is 0 Å². The van der Waals surface area contributed by atoms with E-state index in [0.717, 1.165) is 72.1 Å². The Balaban J connectivity index is 0.943. The third-order valence-corrected chi connectivity index (χ3v) is 13.4. The highest BCUT2D eigenvalue weighted by atomic mass is 32.1. The summed E-state index contributed by atoms with van der Waals surface area (Å²) in [6, 6.07) is 72.1. The van der Waals surface area contributed by atoms with E-state index in [4.69, 9.17) is 8.83 Å². The number of hydrogen-bond donors (Lipinski definition) is 0. The molecule has 0 aliphatic rings. The van der Waals surface area contributed by atoms with Crippen molar-refractivity contribution in [2.45, 2.75) is 0 Å². The normalized spacial score (nSPS) is 12.0. The van der Waals surface area contributed by atoms with Gasteiger partial charge >= 0.3 is 0 Å². The van der Waals surface area contributed by atoms with Gasteiger partial charge in [-0.25, -0.2) is 0 Å². The summed E-state index contributed by atoms with van der Waals surface area (Å²) in [7, 11) is 0. The first-order valence-electron chi connectivity index (χ1n) is 20.3. The second-order valence-electron chi connectivity index (χ2n) is 15.6. The van der Waals surface area contributed by atoms with Crippen molar-refractivity contribution in [3.8, 4) is 22.3 Å². The quantitative estimate of drug-likeness (QED) is 0.163. The first kappa shape index (κ1) is 33.3. The first-order chi connectivity index (χ1) is 29.7. The Morgan fingerprint density at radius 2 is 0.933 bits per heavy atom.